The van der Waals surface area contributed by atoms with E-state index < -0.39 is 0 Å². The number of carbonyl (C=O) groups is 2. The Morgan fingerprint density at radius 1 is 1.15 bits per heavy atom. The number of nitrogens with zero attached hydrogens (tertiary/aromatic N) is 2. The maximum Gasteiger partial charge on any atom is 0.289 e. The third-order valence-corrected chi connectivity index (χ3v) is 4.15. The predicted octanol–water partition coefficient (Wildman–Crippen LogP) is 1.93. The van der Waals surface area contributed by atoms with Crippen molar-refractivity contribution in [3.8, 4) is 5.75 Å². The van der Waals surface area contributed by atoms with Gasteiger partial charge in [0.15, 0.2) is 5.76 Å². The van der Waals surface area contributed by atoms with E-state index in [1.54, 1.807) is 24.1 Å². The second-order valence-electron chi connectivity index (χ2n) is 6.16. The molecule has 3 rings (SSSR count). The van der Waals surface area contributed by atoms with Gasteiger partial charge in [0.25, 0.3) is 5.91 Å². The Balaban J connectivity index is 1.52. The van der Waals surface area contributed by atoms with Gasteiger partial charge in [-0.2, -0.15) is 0 Å². The molecule has 0 unspecified atom stereocenters. The lowest BCUT2D eigenvalue weighted by atomic mass is 10.3. The second kappa shape index (κ2) is 8.68. The van der Waals surface area contributed by atoms with E-state index in [0.717, 1.165) is 0 Å². The van der Waals surface area contributed by atoms with Gasteiger partial charge in [-0.25, -0.2) is 4.39 Å². The van der Waals surface area contributed by atoms with Gasteiger partial charge in [0.05, 0.1) is 19.8 Å². The monoisotopic (exact) mass is 376 g/mol. The third kappa shape index (κ3) is 5.07. The molecule has 1 aliphatic heterocycles. The minimum Gasteiger partial charge on any atom is -0.486 e. The molecule has 1 aliphatic rings. The van der Waals surface area contributed by atoms with Crippen LogP contribution in [0.1, 0.15) is 16.3 Å². The highest BCUT2D eigenvalue weighted by molar-refractivity contribution is 5.94. The zero-order chi connectivity index (χ0) is 19.2. The summed E-state index contributed by atoms with van der Waals surface area (Å²) < 4.78 is 29.1. The van der Waals surface area contributed by atoms with Crippen LogP contribution in [0.25, 0.3) is 0 Å². The van der Waals surface area contributed by atoms with Crippen LogP contribution >= 0.6 is 0 Å². The van der Waals surface area contributed by atoms with Crippen molar-refractivity contribution in [3.63, 3.8) is 0 Å². The van der Waals surface area contributed by atoms with E-state index >= 15 is 0 Å². The van der Waals surface area contributed by atoms with E-state index in [1.165, 1.54) is 29.2 Å². The lowest BCUT2D eigenvalue weighted by Gasteiger charge is -2.28. The number of furan rings is 1. The Morgan fingerprint density at radius 2 is 1.85 bits per heavy atom. The van der Waals surface area contributed by atoms with Gasteiger partial charge in [-0.05, 0) is 36.4 Å². The molecule has 0 aliphatic carbocycles. The van der Waals surface area contributed by atoms with E-state index in [9.17, 15) is 14.0 Å². The highest BCUT2D eigenvalue weighted by atomic mass is 19.1. The highest BCUT2D eigenvalue weighted by Crippen LogP contribution is 2.16. The fourth-order valence-corrected chi connectivity index (χ4v) is 2.63. The van der Waals surface area contributed by atoms with Crippen LogP contribution in [-0.2, 0) is 16.1 Å². The van der Waals surface area contributed by atoms with Crippen LogP contribution in [-0.4, -0.2) is 61.5 Å². The van der Waals surface area contributed by atoms with Gasteiger partial charge in [-0.1, -0.05) is 0 Å². The highest BCUT2D eigenvalue weighted by Gasteiger charge is 2.22. The molecule has 0 radical (unpaired) electrons. The van der Waals surface area contributed by atoms with Crippen LogP contribution in [0.15, 0.2) is 40.8 Å². The molecule has 144 valence electrons. The zero-order valence-corrected chi connectivity index (χ0v) is 15.0. The topological polar surface area (TPSA) is 72.2 Å². The molecule has 0 bridgehead atoms. The summed E-state index contributed by atoms with van der Waals surface area (Å²) in [6.45, 7) is 2.17. The molecule has 7 nitrogen and oxygen atoms in total. The van der Waals surface area contributed by atoms with Gasteiger partial charge >= 0.3 is 0 Å². The molecular weight excluding hydrogens is 355 g/mol. The Kier molecular flexibility index (Phi) is 6.08. The van der Waals surface area contributed by atoms with E-state index in [-0.39, 0.29) is 36.5 Å². The van der Waals surface area contributed by atoms with E-state index in [1.807, 2.05) is 0 Å². The third-order valence-electron chi connectivity index (χ3n) is 4.15. The van der Waals surface area contributed by atoms with Crippen LogP contribution in [0, 0.1) is 5.82 Å². The fraction of sp³-hybridized carbons (Fsp3) is 0.368. The van der Waals surface area contributed by atoms with Crippen molar-refractivity contribution in [1.82, 2.24) is 9.80 Å². The van der Waals surface area contributed by atoms with Gasteiger partial charge in [0, 0.05) is 20.1 Å². The predicted molar refractivity (Wildman–Crippen MR) is 93.8 cm³/mol. The van der Waals surface area contributed by atoms with Gasteiger partial charge in [-0.3, -0.25) is 9.59 Å². The summed E-state index contributed by atoms with van der Waals surface area (Å²) in [6, 6.07) is 8.79. The number of amides is 2. The molecule has 2 aromatic rings. The van der Waals surface area contributed by atoms with E-state index in [0.29, 0.717) is 37.8 Å². The molecule has 1 saturated heterocycles. The quantitative estimate of drug-likeness (QED) is 0.770. The second-order valence-corrected chi connectivity index (χ2v) is 6.16. The van der Waals surface area contributed by atoms with Gasteiger partial charge < -0.3 is 23.7 Å². The molecule has 27 heavy (non-hydrogen) atoms. The van der Waals surface area contributed by atoms with Crippen molar-refractivity contribution >= 4 is 11.8 Å². The lowest BCUT2D eigenvalue weighted by molar-refractivity contribution is -0.135. The normalized spacial score (nSPS) is 14.1. The van der Waals surface area contributed by atoms with Crippen LogP contribution in [0.2, 0.25) is 0 Å². The summed E-state index contributed by atoms with van der Waals surface area (Å²) in [7, 11) is 1.55. The Morgan fingerprint density at radius 3 is 2.56 bits per heavy atom. The summed E-state index contributed by atoms with van der Waals surface area (Å²) in [5, 5.41) is 0. The van der Waals surface area contributed by atoms with E-state index in [4.69, 9.17) is 13.9 Å². The van der Waals surface area contributed by atoms with Crippen molar-refractivity contribution in [2.75, 3.05) is 39.9 Å². The van der Waals surface area contributed by atoms with E-state index in [2.05, 4.69) is 0 Å². The average Bonchev–Trinajstić information content (AvgIpc) is 3.16. The Labute approximate surface area is 156 Å². The summed E-state index contributed by atoms with van der Waals surface area (Å²) >= 11 is 0. The SMILES string of the molecule is CN(CC(=O)N1CCOCC1)C(=O)c1ccc(COc2ccc(F)cc2)o1. The Hall–Kier alpha value is -2.87. The molecule has 0 saturated carbocycles. The first kappa shape index (κ1) is 18.9. The first-order valence-electron chi connectivity index (χ1n) is 8.61. The standard InChI is InChI=1S/C19H21FN2O5/c1-21(12-18(23)22-8-10-25-11-9-22)19(24)17-7-6-16(27-17)13-26-15-4-2-14(20)3-5-15/h2-7H,8-13H2,1H3. The number of morpholine rings is 1. The van der Waals surface area contributed by atoms with Crippen LogP contribution < -0.4 is 4.74 Å². The first-order chi connectivity index (χ1) is 13.0. The number of carbonyl (C=O) groups excluding carboxylic acids is 2. The fourth-order valence-electron chi connectivity index (χ4n) is 2.63. The molecule has 0 spiro atoms. The largest absolute Gasteiger partial charge is 0.486 e. The van der Waals surface area contributed by atoms with Crippen molar-refractivity contribution < 1.29 is 27.9 Å². The molecule has 8 heteroatoms. The molecule has 1 fully saturated rings. The number of likely N-dealkylation sites (N-methyl/N-ethyl adjacent to an activating group) is 1. The van der Waals surface area contributed by atoms with Crippen LogP contribution in [0.4, 0.5) is 4.39 Å². The van der Waals surface area contributed by atoms with Crippen LogP contribution in [0.5, 0.6) is 5.75 Å². The molecule has 0 N–H and O–H groups in total. The minimum atomic E-state index is -0.385. The number of rotatable bonds is 6. The molecule has 1 aromatic carbocycles. The maximum absolute atomic E-state index is 12.9. The lowest BCUT2D eigenvalue weighted by Crippen LogP contribution is -2.46. The van der Waals surface area contributed by atoms with Crippen molar-refractivity contribution in [2.24, 2.45) is 0 Å². The number of hydrogen-bond donors (Lipinski definition) is 0. The number of hydrogen-bond acceptors (Lipinski definition) is 5. The van der Waals surface area contributed by atoms with Gasteiger partial charge in [0.1, 0.15) is 23.9 Å². The summed E-state index contributed by atoms with van der Waals surface area (Å²) in [4.78, 5) is 27.7. The molecular formula is C19H21FN2O5. The molecule has 2 heterocycles. The Bertz CT molecular complexity index is 784. The zero-order valence-electron chi connectivity index (χ0n) is 15.0. The molecule has 1 aromatic heterocycles. The van der Waals surface area contributed by atoms with Gasteiger partial charge in [-0.15, -0.1) is 0 Å². The summed E-state index contributed by atoms with van der Waals surface area (Å²) in [6.07, 6.45) is 0. The first-order valence-corrected chi connectivity index (χ1v) is 8.61. The van der Waals surface area contributed by atoms with Crippen molar-refractivity contribution in [3.05, 3.63) is 53.7 Å². The molecule has 2 amide bonds. The summed E-state index contributed by atoms with van der Waals surface area (Å²) in [5.74, 6) is 0.225. The molecule has 0 atom stereocenters. The van der Waals surface area contributed by atoms with Crippen molar-refractivity contribution in [1.29, 1.82) is 0 Å². The van der Waals surface area contributed by atoms with Gasteiger partial charge in [0.2, 0.25) is 5.91 Å². The summed E-state index contributed by atoms with van der Waals surface area (Å²) in [5.41, 5.74) is 0. The minimum absolute atomic E-state index is 0.0268. The number of benzene rings is 1. The number of ether oxygens (including phenoxy) is 2. The smallest absolute Gasteiger partial charge is 0.289 e. The number of halogens is 1. The van der Waals surface area contributed by atoms with Crippen LogP contribution in [0.3, 0.4) is 0 Å². The maximum atomic E-state index is 12.9. The van der Waals surface area contributed by atoms with Crippen molar-refractivity contribution in [2.45, 2.75) is 6.61 Å². The average molecular weight is 376 g/mol.